The van der Waals surface area contributed by atoms with E-state index in [1.54, 1.807) is 0 Å². The third kappa shape index (κ3) is 3.76. The van der Waals surface area contributed by atoms with Gasteiger partial charge in [0, 0.05) is 19.3 Å². The molecule has 3 nitrogen and oxygen atoms in total. The molecule has 4 heteroatoms. The first-order chi connectivity index (χ1) is 7.75. The van der Waals surface area contributed by atoms with Gasteiger partial charge in [-0.1, -0.05) is 0 Å². The first-order valence-corrected chi connectivity index (χ1v) is 6.49. The van der Waals surface area contributed by atoms with Crippen LogP contribution in [0.3, 0.4) is 0 Å². The maximum atomic E-state index is 5.54. The summed E-state index contributed by atoms with van der Waals surface area (Å²) < 4.78 is 6.55. The van der Waals surface area contributed by atoms with Crippen LogP contribution in [0.25, 0.3) is 0 Å². The Kier molecular flexibility index (Phi) is 4.18. The number of ether oxygens (including phenoxy) is 1. The largest absolute Gasteiger partial charge is 0.379 e. The summed E-state index contributed by atoms with van der Waals surface area (Å²) in [5.41, 5.74) is 1.16. The van der Waals surface area contributed by atoms with E-state index in [0.717, 1.165) is 41.5 Å². The third-order valence-electron chi connectivity index (χ3n) is 2.57. The molecule has 2 rings (SSSR count). The van der Waals surface area contributed by atoms with Gasteiger partial charge in [0.25, 0.3) is 0 Å². The highest BCUT2D eigenvalue weighted by Crippen LogP contribution is 2.28. The van der Waals surface area contributed by atoms with E-state index in [4.69, 9.17) is 4.74 Å². The molecule has 1 saturated carbocycles. The molecule has 0 atom stereocenters. The summed E-state index contributed by atoms with van der Waals surface area (Å²) in [5.74, 6) is 1.73. The van der Waals surface area contributed by atoms with E-state index in [1.165, 1.54) is 12.8 Å². The Labute approximate surface area is 105 Å². The Hall–Kier alpha value is -0.610. The van der Waals surface area contributed by atoms with Crippen LogP contribution in [0.15, 0.2) is 16.7 Å². The second-order valence-corrected chi connectivity index (χ2v) is 5.14. The Bertz CT molecular complexity index is 353. The van der Waals surface area contributed by atoms with Crippen LogP contribution >= 0.6 is 15.9 Å². The predicted molar refractivity (Wildman–Crippen MR) is 68.7 cm³/mol. The van der Waals surface area contributed by atoms with Crippen molar-refractivity contribution >= 4 is 21.7 Å². The number of nitrogens with one attached hydrogen (secondary N) is 1. The zero-order valence-electron chi connectivity index (χ0n) is 9.50. The molecular formula is C12H17BrN2O. The number of anilines is 1. The second-order valence-electron chi connectivity index (χ2n) is 4.29. The summed E-state index contributed by atoms with van der Waals surface area (Å²) in [5, 5.41) is 3.25. The molecule has 1 aromatic heterocycles. The molecule has 1 heterocycles. The SMILES string of the molecule is Cc1cnc(NCCOCC2CC2)c(Br)c1. The van der Waals surface area contributed by atoms with Crippen LogP contribution in [0.5, 0.6) is 0 Å². The van der Waals surface area contributed by atoms with Crippen molar-refractivity contribution in [1.82, 2.24) is 4.98 Å². The fourth-order valence-corrected chi connectivity index (χ4v) is 2.04. The fourth-order valence-electron chi connectivity index (χ4n) is 1.44. The monoisotopic (exact) mass is 284 g/mol. The van der Waals surface area contributed by atoms with E-state index in [9.17, 15) is 0 Å². The van der Waals surface area contributed by atoms with Crippen molar-refractivity contribution in [3.8, 4) is 0 Å². The van der Waals surface area contributed by atoms with Gasteiger partial charge in [0.15, 0.2) is 0 Å². The van der Waals surface area contributed by atoms with Crippen molar-refractivity contribution in [2.45, 2.75) is 19.8 Å². The third-order valence-corrected chi connectivity index (χ3v) is 3.17. The van der Waals surface area contributed by atoms with Gasteiger partial charge in [0.1, 0.15) is 5.82 Å². The number of nitrogens with zero attached hydrogens (tertiary/aromatic N) is 1. The molecule has 0 unspecified atom stereocenters. The van der Waals surface area contributed by atoms with Crippen LogP contribution in [0.1, 0.15) is 18.4 Å². The Balaban J connectivity index is 1.67. The van der Waals surface area contributed by atoms with Gasteiger partial charge in [-0.15, -0.1) is 0 Å². The molecule has 1 aromatic rings. The van der Waals surface area contributed by atoms with Crippen molar-refractivity contribution < 1.29 is 4.74 Å². The fraction of sp³-hybridized carbons (Fsp3) is 0.583. The van der Waals surface area contributed by atoms with Crippen molar-refractivity contribution in [3.05, 3.63) is 22.3 Å². The standard InChI is InChI=1S/C12H17BrN2O/c1-9-6-11(13)12(15-7-9)14-4-5-16-8-10-2-3-10/h6-7,10H,2-5,8H2,1H3,(H,14,15). The van der Waals surface area contributed by atoms with Gasteiger partial charge in [0.2, 0.25) is 0 Å². The highest BCUT2D eigenvalue weighted by molar-refractivity contribution is 9.10. The van der Waals surface area contributed by atoms with E-state index in [1.807, 2.05) is 13.1 Å². The van der Waals surface area contributed by atoms with Gasteiger partial charge >= 0.3 is 0 Å². The number of hydrogen-bond donors (Lipinski definition) is 1. The number of aromatic nitrogens is 1. The molecule has 0 bridgehead atoms. The maximum Gasteiger partial charge on any atom is 0.140 e. The molecular weight excluding hydrogens is 268 g/mol. The maximum absolute atomic E-state index is 5.54. The van der Waals surface area contributed by atoms with Gasteiger partial charge in [0.05, 0.1) is 11.1 Å². The van der Waals surface area contributed by atoms with E-state index < -0.39 is 0 Å². The van der Waals surface area contributed by atoms with Gasteiger partial charge in [-0.3, -0.25) is 0 Å². The molecule has 88 valence electrons. The zero-order chi connectivity index (χ0) is 11.4. The van der Waals surface area contributed by atoms with Crippen LogP contribution in [-0.2, 0) is 4.74 Å². The lowest BCUT2D eigenvalue weighted by Gasteiger charge is -2.08. The van der Waals surface area contributed by atoms with Gasteiger partial charge < -0.3 is 10.1 Å². The van der Waals surface area contributed by atoms with Crippen LogP contribution in [0.4, 0.5) is 5.82 Å². The molecule has 0 aromatic carbocycles. The lowest BCUT2D eigenvalue weighted by Crippen LogP contribution is -2.11. The molecule has 1 aliphatic carbocycles. The first-order valence-electron chi connectivity index (χ1n) is 5.69. The Morgan fingerprint density at radius 2 is 2.38 bits per heavy atom. The van der Waals surface area contributed by atoms with Crippen LogP contribution in [0, 0.1) is 12.8 Å². The zero-order valence-corrected chi connectivity index (χ0v) is 11.1. The van der Waals surface area contributed by atoms with Crippen molar-refractivity contribution in [3.63, 3.8) is 0 Å². The van der Waals surface area contributed by atoms with Gasteiger partial charge in [-0.2, -0.15) is 0 Å². The second kappa shape index (κ2) is 5.64. The molecule has 0 saturated heterocycles. The van der Waals surface area contributed by atoms with Crippen LogP contribution in [-0.4, -0.2) is 24.7 Å². The van der Waals surface area contributed by atoms with E-state index >= 15 is 0 Å². The molecule has 1 aliphatic rings. The number of pyridine rings is 1. The summed E-state index contributed by atoms with van der Waals surface area (Å²) in [6.45, 7) is 4.50. The topological polar surface area (TPSA) is 34.2 Å². The molecule has 0 amide bonds. The van der Waals surface area contributed by atoms with E-state index in [2.05, 4.69) is 32.3 Å². The normalized spacial score (nSPS) is 15.1. The van der Waals surface area contributed by atoms with Crippen molar-refractivity contribution in [2.24, 2.45) is 5.92 Å². The smallest absolute Gasteiger partial charge is 0.140 e. The Morgan fingerprint density at radius 1 is 1.56 bits per heavy atom. The predicted octanol–water partition coefficient (Wildman–Crippen LogP) is 2.99. The molecule has 16 heavy (non-hydrogen) atoms. The average Bonchev–Trinajstić information content (AvgIpc) is 3.04. The summed E-state index contributed by atoms with van der Waals surface area (Å²) in [6, 6.07) is 2.06. The summed E-state index contributed by atoms with van der Waals surface area (Å²) in [7, 11) is 0. The van der Waals surface area contributed by atoms with Crippen molar-refractivity contribution in [1.29, 1.82) is 0 Å². The Morgan fingerprint density at radius 3 is 3.06 bits per heavy atom. The minimum absolute atomic E-state index is 0.749. The highest BCUT2D eigenvalue weighted by Gasteiger charge is 2.20. The number of aryl methyl sites for hydroxylation is 1. The molecule has 1 N–H and O–H groups in total. The first kappa shape index (κ1) is 11.9. The lowest BCUT2D eigenvalue weighted by atomic mass is 10.3. The van der Waals surface area contributed by atoms with Crippen molar-refractivity contribution in [2.75, 3.05) is 25.1 Å². The number of hydrogen-bond acceptors (Lipinski definition) is 3. The van der Waals surface area contributed by atoms with Crippen LogP contribution < -0.4 is 5.32 Å². The van der Waals surface area contributed by atoms with Gasteiger partial charge in [-0.25, -0.2) is 4.98 Å². The minimum Gasteiger partial charge on any atom is -0.379 e. The number of rotatable bonds is 6. The van der Waals surface area contributed by atoms with Gasteiger partial charge in [-0.05, 0) is 53.2 Å². The summed E-state index contributed by atoms with van der Waals surface area (Å²) in [4.78, 5) is 4.31. The molecule has 0 spiro atoms. The highest BCUT2D eigenvalue weighted by atomic mass is 79.9. The lowest BCUT2D eigenvalue weighted by molar-refractivity contribution is 0.134. The van der Waals surface area contributed by atoms with E-state index in [0.29, 0.717) is 0 Å². The average molecular weight is 285 g/mol. The van der Waals surface area contributed by atoms with E-state index in [-0.39, 0.29) is 0 Å². The summed E-state index contributed by atoms with van der Waals surface area (Å²) in [6.07, 6.45) is 4.55. The molecule has 0 radical (unpaired) electrons. The van der Waals surface area contributed by atoms with Crippen LogP contribution in [0.2, 0.25) is 0 Å². The number of halogens is 1. The summed E-state index contributed by atoms with van der Waals surface area (Å²) >= 11 is 3.48. The molecule has 0 aliphatic heterocycles. The quantitative estimate of drug-likeness (QED) is 0.816. The molecule has 1 fully saturated rings. The minimum atomic E-state index is 0.749.